The molecular weight excluding hydrogens is 644 g/mol. The van der Waals surface area contributed by atoms with E-state index in [1.807, 2.05) is 6.92 Å². The second-order valence-electron chi connectivity index (χ2n) is 10.3. The molecule has 8 N–H and O–H groups in total. The second kappa shape index (κ2) is 12.2. The van der Waals surface area contributed by atoms with Crippen molar-refractivity contribution in [2.45, 2.75) is 62.0 Å². The van der Waals surface area contributed by atoms with Gasteiger partial charge in [0.25, 0.3) is 5.56 Å². The Morgan fingerprint density at radius 2 is 1.67 bits per heavy atom. The van der Waals surface area contributed by atoms with Crippen molar-refractivity contribution >= 4 is 44.1 Å². The summed E-state index contributed by atoms with van der Waals surface area (Å²) in [5.74, 6) is -0.296. The average molecular weight is 673 g/mol. The lowest BCUT2D eigenvalue weighted by atomic mass is 10.1. The molecule has 10 atom stereocenters. The molecule has 0 spiro atoms. The summed E-state index contributed by atoms with van der Waals surface area (Å²) in [6.07, 6.45) is -6.10. The van der Waals surface area contributed by atoms with Crippen LogP contribution in [0.1, 0.15) is 25.1 Å². The topological polar surface area (TPSA) is 305 Å². The fraction of sp³-hybridized carbons (Fsp3) is 0.545. The number of H-pyrrole nitrogens is 1. The minimum atomic E-state index is -4.98. The zero-order valence-electron chi connectivity index (χ0n) is 23.2. The van der Waals surface area contributed by atoms with Crippen LogP contribution in [-0.2, 0) is 34.1 Å². The van der Waals surface area contributed by atoms with E-state index >= 15 is 0 Å². The van der Waals surface area contributed by atoms with Crippen LogP contribution < -0.4 is 11.3 Å². The van der Waals surface area contributed by atoms with Gasteiger partial charge in [-0.2, -0.15) is 4.98 Å². The van der Waals surface area contributed by atoms with Gasteiger partial charge < -0.3 is 49.4 Å². The summed E-state index contributed by atoms with van der Waals surface area (Å²) in [7, 11) is -8.44. The molecule has 2 aliphatic rings. The third kappa shape index (κ3) is 5.70. The normalized spacial score (nSPS) is 30.7. The van der Waals surface area contributed by atoms with E-state index in [2.05, 4.69) is 29.9 Å². The van der Waals surface area contributed by atoms with Crippen LogP contribution in [-0.4, -0.2) is 114 Å². The number of nitrogens with one attached hydrogen (secondary N) is 1. The first-order valence-electron chi connectivity index (χ1n) is 13.5. The van der Waals surface area contributed by atoms with Gasteiger partial charge in [-0.1, -0.05) is 6.92 Å². The van der Waals surface area contributed by atoms with Crippen LogP contribution in [0.15, 0.2) is 23.8 Å². The number of nitrogen functional groups attached to an aromatic ring is 1. The Balaban J connectivity index is 1.25. The predicted molar refractivity (Wildman–Crippen MR) is 150 cm³/mol. The van der Waals surface area contributed by atoms with Gasteiger partial charge >= 0.3 is 15.9 Å². The fourth-order valence-electron chi connectivity index (χ4n) is 5.44. The lowest BCUT2D eigenvalue weighted by Crippen LogP contribution is -2.36. The number of aryl methyl sites for hydroxylation is 1. The minimum absolute atomic E-state index is 0.154. The molecule has 2 fully saturated rings. The maximum Gasteiger partial charge on any atom is 0.338 e. The van der Waals surface area contributed by atoms with Crippen molar-refractivity contribution in [1.82, 2.24) is 39.0 Å². The Morgan fingerprint density at radius 3 is 2.38 bits per heavy atom. The first kappa shape index (κ1) is 31.8. The molecule has 2 aliphatic heterocycles. The van der Waals surface area contributed by atoms with E-state index in [-0.39, 0.29) is 17.1 Å². The molecular formula is C22H29N9O12P2. The maximum absolute atomic E-state index is 13.8. The molecule has 0 saturated carbocycles. The number of aromatic amines is 1. The number of imidazole rings is 2. The number of aliphatic hydroxyl groups is 3. The number of ether oxygens (including phenoxy) is 2. The summed E-state index contributed by atoms with van der Waals surface area (Å²) in [6, 6.07) is 0. The fourth-order valence-corrected chi connectivity index (χ4v) is 7.40. The highest BCUT2D eigenvalue weighted by molar-refractivity contribution is 7.53. The van der Waals surface area contributed by atoms with Gasteiger partial charge in [-0.25, -0.2) is 19.9 Å². The quantitative estimate of drug-likeness (QED) is 0.0891. The van der Waals surface area contributed by atoms with Gasteiger partial charge in [0.15, 0.2) is 29.3 Å². The van der Waals surface area contributed by atoms with E-state index in [1.165, 1.54) is 17.2 Å². The van der Waals surface area contributed by atoms with Gasteiger partial charge in [-0.15, -0.1) is 0 Å². The van der Waals surface area contributed by atoms with Crippen molar-refractivity contribution in [3.05, 3.63) is 35.0 Å². The third-order valence-corrected chi connectivity index (χ3v) is 9.86. The highest BCUT2D eigenvalue weighted by Crippen LogP contribution is 2.57. The van der Waals surface area contributed by atoms with Gasteiger partial charge in [0.05, 0.1) is 31.6 Å². The number of fused-ring (bicyclic) bond motifs is 2. The molecule has 0 aromatic carbocycles. The summed E-state index contributed by atoms with van der Waals surface area (Å²) in [4.78, 5) is 55.5. The van der Waals surface area contributed by atoms with Crippen LogP contribution in [0.2, 0.25) is 0 Å². The van der Waals surface area contributed by atoms with E-state index in [9.17, 15) is 34.1 Å². The van der Waals surface area contributed by atoms with Crippen molar-refractivity contribution in [2.24, 2.45) is 0 Å². The summed E-state index contributed by atoms with van der Waals surface area (Å²) in [5.41, 5.74) is 4.27. The van der Waals surface area contributed by atoms with Crippen LogP contribution in [0.4, 0.5) is 5.95 Å². The summed E-state index contributed by atoms with van der Waals surface area (Å²) in [6.45, 7) is 0.501. The van der Waals surface area contributed by atoms with Gasteiger partial charge in [0.1, 0.15) is 48.0 Å². The Hall–Kier alpha value is -3.20. The van der Waals surface area contributed by atoms with Crippen LogP contribution in [0, 0.1) is 0 Å². The summed E-state index contributed by atoms with van der Waals surface area (Å²) in [5, 5.41) is 32.6. The molecule has 45 heavy (non-hydrogen) atoms. The zero-order valence-corrected chi connectivity index (χ0v) is 25.1. The molecule has 6 heterocycles. The largest absolute Gasteiger partial charge is 0.389 e. The van der Waals surface area contributed by atoms with Gasteiger partial charge in [-0.05, 0) is 6.42 Å². The Morgan fingerprint density at radius 1 is 1.00 bits per heavy atom. The average Bonchev–Trinajstić information content (AvgIpc) is 3.75. The van der Waals surface area contributed by atoms with E-state index in [1.54, 1.807) is 0 Å². The molecule has 6 rings (SSSR count). The minimum Gasteiger partial charge on any atom is -0.389 e. The summed E-state index contributed by atoms with van der Waals surface area (Å²) < 4.78 is 49.1. The molecule has 0 amide bonds. The van der Waals surface area contributed by atoms with Crippen LogP contribution >= 0.6 is 15.9 Å². The number of nitrogens with zero attached hydrogens (tertiary/aromatic N) is 7. The number of hydrogen-bond acceptors (Lipinski definition) is 16. The SMILES string of the molecule is CCc1ncnc2c1ncn2[C@@H]1O[C@H](COP(=O)(O)[C@@H]2[C@H](O)[C@@H](CO[PH](=O)O)O[C@H]2n2cnc3c(=O)[nH]c(N)nc32)[C@@H](O)[C@H]1O. The number of rotatable bonds is 10. The molecule has 2 unspecified atom stereocenters. The van der Waals surface area contributed by atoms with E-state index in [0.29, 0.717) is 23.3 Å². The van der Waals surface area contributed by atoms with Gasteiger partial charge in [0.2, 0.25) is 5.95 Å². The lowest BCUT2D eigenvalue weighted by molar-refractivity contribution is -0.0494. The first-order valence-corrected chi connectivity index (χ1v) is 16.4. The maximum atomic E-state index is 13.8. The zero-order chi connectivity index (χ0) is 32.2. The second-order valence-corrected chi connectivity index (χ2v) is 13.1. The molecule has 23 heteroatoms. The van der Waals surface area contributed by atoms with Crippen molar-refractivity contribution in [2.75, 3.05) is 18.9 Å². The van der Waals surface area contributed by atoms with Crippen LogP contribution in [0.5, 0.6) is 0 Å². The first-order chi connectivity index (χ1) is 21.4. The van der Waals surface area contributed by atoms with Crippen molar-refractivity contribution in [3.8, 4) is 0 Å². The smallest absolute Gasteiger partial charge is 0.338 e. The highest BCUT2D eigenvalue weighted by atomic mass is 31.2. The number of aliphatic hydroxyl groups excluding tert-OH is 3. The van der Waals surface area contributed by atoms with Crippen LogP contribution in [0.25, 0.3) is 22.3 Å². The van der Waals surface area contributed by atoms with Crippen molar-refractivity contribution < 1.29 is 52.8 Å². The Bertz CT molecular complexity index is 1850. The standard InChI is InChI=1S/C22H29N9O12P2/c1-2-8-11-17(25-5-24-8)30(6-26-11)20-15(34)13(32)10(42-20)4-41-45(38,39)16-14(33)9(3-40-44(36)37)43-21(16)31-7-27-12-18(31)28-22(23)29-19(12)35/h5-7,9-10,13-16,20-21,32-34,44H,2-4H2,1H3,(H,36,37)(H,38,39)(H3,23,28,29,35)/t9-,10-,13-,14-,15-,16-,20-,21-/m1/s1. The molecule has 21 nitrogen and oxygen atoms in total. The monoisotopic (exact) mass is 673 g/mol. The van der Waals surface area contributed by atoms with E-state index in [0.717, 1.165) is 10.9 Å². The van der Waals surface area contributed by atoms with E-state index in [4.69, 9.17) is 29.1 Å². The lowest BCUT2D eigenvalue weighted by Gasteiger charge is -2.27. The van der Waals surface area contributed by atoms with E-state index < -0.39 is 83.3 Å². The molecule has 0 radical (unpaired) electrons. The number of anilines is 1. The summed E-state index contributed by atoms with van der Waals surface area (Å²) >= 11 is 0. The predicted octanol–water partition coefficient (Wildman–Crippen LogP) is -2.05. The molecule has 0 aliphatic carbocycles. The number of hydrogen-bond donors (Lipinski definition) is 7. The molecule has 4 aromatic rings. The van der Waals surface area contributed by atoms with Crippen molar-refractivity contribution in [3.63, 3.8) is 0 Å². The highest BCUT2D eigenvalue weighted by Gasteiger charge is 2.56. The third-order valence-electron chi connectivity index (χ3n) is 7.61. The molecule has 4 aromatic heterocycles. The van der Waals surface area contributed by atoms with Gasteiger partial charge in [0, 0.05) is 0 Å². The molecule has 244 valence electrons. The number of nitrogens with two attached hydrogens (primary N) is 1. The van der Waals surface area contributed by atoms with Crippen molar-refractivity contribution in [1.29, 1.82) is 0 Å². The Labute approximate surface area is 252 Å². The number of aromatic nitrogens is 8. The molecule has 2 saturated heterocycles. The Kier molecular flexibility index (Phi) is 8.61. The van der Waals surface area contributed by atoms with Gasteiger partial charge in [-0.3, -0.25) is 28.0 Å². The van der Waals surface area contributed by atoms with Crippen LogP contribution in [0.3, 0.4) is 0 Å². The molecule has 0 bridgehead atoms.